The average Bonchev–Trinajstić information content (AvgIpc) is 2.89. The van der Waals surface area contributed by atoms with Crippen LogP contribution in [0.1, 0.15) is 6.92 Å². The van der Waals surface area contributed by atoms with Crippen LogP contribution in [0.3, 0.4) is 0 Å². The van der Waals surface area contributed by atoms with Gasteiger partial charge in [0.15, 0.2) is 11.2 Å². The van der Waals surface area contributed by atoms with E-state index in [2.05, 4.69) is 25.6 Å². The summed E-state index contributed by atoms with van der Waals surface area (Å²) >= 11 is 1.32. The van der Waals surface area contributed by atoms with Gasteiger partial charge in [0.2, 0.25) is 5.91 Å². The molecule has 2 aromatic rings. The number of methoxy groups -OCH3 is 1. The zero-order valence-electron chi connectivity index (χ0n) is 11.4. The molecule has 0 radical (unpaired) electrons. The van der Waals surface area contributed by atoms with E-state index in [9.17, 15) is 4.79 Å². The summed E-state index contributed by atoms with van der Waals surface area (Å²) in [6.07, 6.45) is 1.46. The van der Waals surface area contributed by atoms with Crippen molar-refractivity contribution >= 4 is 28.8 Å². The highest BCUT2D eigenvalue weighted by atomic mass is 32.2. The monoisotopic (exact) mass is 296 g/mol. The van der Waals surface area contributed by atoms with Crippen molar-refractivity contribution in [3.8, 4) is 0 Å². The molecular weight excluding hydrogens is 280 g/mol. The molecule has 0 bridgehead atoms. The molecule has 0 aliphatic carbocycles. The highest BCUT2D eigenvalue weighted by molar-refractivity contribution is 8.00. The summed E-state index contributed by atoms with van der Waals surface area (Å²) in [5, 5.41) is 11.5. The smallest absolute Gasteiger partial charge is 0.230 e. The minimum atomic E-state index is -0.0679. The molecule has 0 saturated carbocycles. The molecule has 1 N–H and O–H groups in total. The van der Waals surface area contributed by atoms with E-state index >= 15 is 0 Å². The SMILES string of the molecule is CCn1nnc2c(SCC(=O)NCCOC)ncnc21. The number of ether oxygens (including phenoxy) is 1. The summed E-state index contributed by atoms with van der Waals surface area (Å²) < 4.78 is 6.56. The lowest BCUT2D eigenvalue weighted by Gasteiger charge is -2.04. The highest BCUT2D eigenvalue weighted by Crippen LogP contribution is 2.21. The minimum Gasteiger partial charge on any atom is -0.383 e. The van der Waals surface area contributed by atoms with Crippen molar-refractivity contribution in [1.29, 1.82) is 0 Å². The molecule has 0 spiro atoms. The first-order valence-electron chi connectivity index (χ1n) is 6.19. The van der Waals surface area contributed by atoms with E-state index in [1.165, 1.54) is 18.1 Å². The molecule has 2 aromatic heterocycles. The van der Waals surface area contributed by atoms with E-state index in [4.69, 9.17) is 4.74 Å². The maximum absolute atomic E-state index is 11.6. The molecule has 2 rings (SSSR count). The van der Waals surface area contributed by atoms with Crippen molar-refractivity contribution in [3.05, 3.63) is 6.33 Å². The van der Waals surface area contributed by atoms with Crippen LogP contribution < -0.4 is 5.32 Å². The van der Waals surface area contributed by atoms with Crippen LogP contribution in [-0.2, 0) is 16.1 Å². The lowest BCUT2D eigenvalue weighted by atomic mass is 10.5. The Morgan fingerprint density at radius 2 is 2.35 bits per heavy atom. The molecule has 8 nitrogen and oxygen atoms in total. The van der Waals surface area contributed by atoms with Crippen LogP contribution in [0.15, 0.2) is 11.4 Å². The van der Waals surface area contributed by atoms with Gasteiger partial charge in [-0.05, 0) is 6.92 Å². The Morgan fingerprint density at radius 1 is 1.50 bits per heavy atom. The molecule has 0 aromatic carbocycles. The molecule has 0 atom stereocenters. The summed E-state index contributed by atoms with van der Waals surface area (Å²) in [5.74, 6) is 0.205. The van der Waals surface area contributed by atoms with Crippen LogP contribution in [0.2, 0.25) is 0 Å². The highest BCUT2D eigenvalue weighted by Gasteiger charge is 2.12. The number of aryl methyl sites for hydroxylation is 1. The Bertz CT molecular complexity index is 587. The van der Waals surface area contributed by atoms with Crippen LogP contribution >= 0.6 is 11.8 Å². The van der Waals surface area contributed by atoms with Gasteiger partial charge in [-0.15, -0.1) is 5.10 Å². The summed E-state index contributed by atoms with van der Waals surface area (Å²) in [7, 11) is 1.59. The number of carbonyl (C=O) groups excluding carboxylic acids is 1. The normalized spacial score (nSPS) is 10.9. The number of fused-ring (bicyclic) bond motifs is 1. The van der Waals surface area contributed by atoms with E-state index < -0.39 is 0 Å². The predicted molar refractivity (Wildman–Crippen MR) is 74.4 cm³/mol. The molecule has 0 aliphatic rings. The number of amides is 1. The largest absolute Gasteiger partial charge is 0.383 e. The second kappa shape index (κ2) is 7.15. The van der Waals surface area contributed by atoms with Crippen molar-refractivity contribution < 1.29 is 9.53 Å². The number of thioether (sulfide) groups is 1. The predicted octanol–water partition coefficient (Wildman–Crippen LogP) is 0.0959. The van der Waals surface area contributed by atoms with E-state index in [-0.39, 0.29) is 11.7 Å². The summed E-state index contributed by atoms with van der Waals surface area (Å²) in [4.78, 5) is 19.9. The van der Waals surface area contributed by atoms with Gasteiger partial charge in [0.25, 0.3) is 0 Å². The number of nitrogens with one attached hydrogen (secondary N) is 1. The lowest BCUT2D eigenvalue weighted by Crippen LogP contribution is -2.28. The van der Waals surface area contributed by atoms with Crippen LogP contribution in [0.5, 0.6) is 0 Å². The fourth-order valence-corrected chi connectivity index (χ4v) is 2.33. The quantitative estimate of drug-likeness (QED) is 0.440. The van der Waals surface area contributed by atoms with Crippen LogP contribution in [0, 0.1) is 0 Å². The second-order valence-electron chi connectivity index (χ2n) is 3.89. The van der Waals surface area contributed by atoms with Gasteiger partial charge in [-0.2, -0.15) is 0 Å². The van der Waals surface area contributed by atoms with Crippen LogP contribution in [-0.4, -0.2) is 56.9 Å². The third kappa shape index (κ3) is 3.42. The van der Waals surface area contributed by atoms with Gasteiger partial charge in [-0.3, -0.25) is 4.79 Å². The fourth-order valence-electron chi connectivity index (χ4n) is 1.57. The lowest BCUT2D eigenvalue weighted by molar-refractivity contribution is -0.118. The standard InChI is InChI=1S/C11H16N6O2S/c1-3-17-10-9(15-16-17)11(14-7-13-10)20-6-8(18)12-4-5-19-2/h7H,3-6H2,1-2H3,(H,12,18). The van der Waals surface area contributed by atoms with Crippen molar-refractivity contribution in [2.45, 2.75) is 18.5 Å². The Balaban J connectivity index is 1.99. The van der Waals surface area contributed by atoms with Crippen molar-refractivity contribution in [2.75, 3.05) is 26.0 Å². The first-order chi connectivity index (χ1) is 9.76. The van der Waals surface area contributed by atoms with E-state index in [1.54, 1.807) is 11.8 Å². The fraction of sp³-hybridized carbons (Fsp3) is 0.545. The van der Waals surface area contributed by atoms with E-state index in [0.717, 1.165) is 0 Å². The van der Waals surface area contributed by atoms with Gasteiger partial charge < -0.3 is 10.1 Å². The number of hydrogen-bond donors (Lipinski definition) is 1. The van der Waals surface area contributed by atoms with Crippen LogP contribution in [0.25, 0.3) is 11.2 Å². The number of rotatable bonds is 7. The van der Waals surface area contributed by atoms with Crippen LogP contribution in [0.4, 0.5) is 0 Å². The molecule has 108 valence electrons. The van der Waals surface area contributed by atoms with Crippen molar-refractivity contribution in [2.24, 2.45) is 0 Å². The van der Waals surface area contributed by atoms with E-state index in [1.807, 2.05) is 6.92 Å². The van der Waals surface area contributed by atoms with Gasteiger partial charge in [-0.1, -0.05) is 17.0 Å². The molecule has 0 fully saturated rings. The summed E-state index contributed by atoms with van der Waals surface area (Å²) in [6, 6.07) is 0. The van der Waals surface area contributed by atoms with Gasteiger partial charge in [0, 0.05) is 20.2 Å². The Labute approximate surface area is 120 Å². The first kappa shape index (κ1) is 14.7. The number of aromatic nitrogens is 5. The number of hydrogen-bond acceptors (Lipinski definition) is 7. The zero-order chi connectivity index (χ0) is 14.4. The Morgan fingerprint density at radius 3 is 3.10 bits per heavy atom. The zero-order valence-corrected chi connectivity index (χ0v) is 12.2. The Hall–Kier alpha value is -1.74. The van der Waals surface area contributed by atoms with Crippen molar-refractivity contribution in [1.82, 2.24) is 30.3 Å². The van der Waals surface area contributed by atoms with Gasteiger partial charge in [0.05, 0.1) is 12.4 Å². The van der Waals surface area contributed by atoms with Gasteiger partial charge >= 0.3 is 0 Å². The minimum absolute atomic E-state index is 0.0679. The van der Waals surface area contributed by atoms with Gasteiger partial charge in [0.1, 0.15) is 11.4 Å². The average molecular weight is 296 g/mol. The molecule has 20 heavy (non-hydrogen) atoms. The second-order valence-corrected chi connectivity index (χ2v) is 4.85. The third-order valence-electron chi connectivity index (χ3n) is 2.53. The number of nitrogens with zero attached hydrogens (tertiary/aromatic N) is 5. The molecule has 9 heteroatoms. The molecule has 2 heterocycles. The van der Waals surface area contributed by atoms with Crippen molar-refractivity contribution in [3.63, 3.8) is 0 Å². The van der Waals surface area contributed by atoms with Gasteiger partial charge in [-0.25, -0.2) is 14.6 Å². The molecule has 0 aliphatic heterocycles. The molecule has 0 unspecified atom stereocenters. The molecule has 0 saturated heterocycles. The maximum Gasteiger partial charge on any atom is 0.230 e. The summed E-state index contributed by atoms with van der Waals surface area (Å²) in [5.41, 5.74) is 1.31. The molecule has 1 amide bonds. The first-order valence-corrected chi connectivity index (χ1v) is 7.17. The summed E-state index contributed by atoms with van der Waals surface area (Å²) in [6.45, 7) is 3.65. The number of carbonyl (C=O) groups is 1. The molecular formula is C11H16N6O2S. The topological polar surface area (TPSA) is 94.8 Å². The third-order valence-corrected chi connectivity index (χ3v) is 3.51. The maximum atomic E-state index is 11.6. The Kier molecular flexibility index (Phi) is 5.24. The van der Waals surface area contributed by atoms with E-state index in [0.29, 0.717) is 35.9 Å².